The molecule has 0 heterocycles. The molecule has 0 fully saturated rings. The van der Waals surface area contributed by atoms with E-state index in [9.17, 15) is 18.0 Å². The molecule has 0 aliphatic rings. The van der Waals surface area contributed by atoms with Crippen LogP contribution in [-0.2, 0) is 26.0 Å². The predicted molar refractivity (Wildman–Crippen MR) is 109 cm³/mol. The van der Waals surface area contributed by atoms with Gasteiger partial charge in [0.05, 0.1) is 10.5 Å². The van der Waals surface area contributed by atoms with Gasteiger partial charge in [-0.2, -0.15) is 0 Å². The molecule has 150 valence electrons. The standard InChI is InChI=1S/C21H20N2O5S/c22-29(26,27)19-9-5-15(6-10-19)11-12-23-20(24)14-28-21(25)18-8-7-16-3-1-2-4-17(16)13-18/h1-10,13H,11-12,14H2,(H,23,24)(H2,22,26,27). The second kappa shape index (κ2) is 8.85. The van der Waals surface area contributed by atoms with Crippen molar-refractivity contribution in [3.8, 4) is 0 Å². The van der Waals surface area contributed by atoms with Crippen LogP contribution in [0.4, 0.5) is 0 Å². The molecule has 0 radical (unpaired) electrons. The summed E-state index contributed by atoms with van der Waals surface area (Å²) in [5.74, 6) is -0.982. The number of primary sulfonamides is 1. The number of carbonyl (C=O) groups excluding carboxylic acids is 2. The van der Waals surface area contributed by atoms with Gasteiger partial charge in [-0.25, -0.2) is 18.4 Å². The van der Waals surface area contributed by atoms with Crippen molar-refractivity contribution in [1.82, 2.24) is 5.32 Å². The van der Waals surface area contributed by atoms with Crippen LogP contribution >= 0.6 is 0 Å². The summed E-state index contributed by atoms with van der Waals surface area (Å²) in [7, 11) is -3.72. The average molecular weight is 412 g/mol. The van der Waals surface area contributed by atoms with Crippen LogP contribution < -0.4 is 10.5 Å². The van der Waals surface area contributed by atoms with E-state index < -0.39 is 21.9 Å². The Morgan fingerprint density at radius 3 is 2.31 bits per heavy atom. The number of benzene rings is 3. The number of hydrogen-bond donors (Lipinski definition) is 2. The molecule has 0 aromatic heterocycles. The van der Waals surface area contributed by atoms with Crippen LogP contribution in [0.5, 0.6) is 0 Å². The van der Waals surface area contributed by atoms with Crippen LogP contribution in [0.1, 0.15) is 15.9 Å². The van der Waals surface area contributed by atoms with Crippen molar-refractivity contribution in [2.45, 2.75) is 11.3 Å². The molecule has 3 aromatic carbocycles. The maximum Gasteiger partial charge on any atom is 0.338 e. The van der Waals surface area contributed by atoms with Crippen molar-refractivity contribution in [2.24, 2.45) is 5.14 Å². The Balaban J connectivity index is 1.45. The Labute approximate surface area is 168 Å². The maximum absolute atomic E-state index is 12.1. The average Bonchev–Trinajstić information content (AvgIpc) is 2.71. The van der Waals surface area contributed by atoms with E-state index in [1.807, 2.05) is 30.3 Å². The largest absolute Gasteiger partial charge is 0.452 e. The van der Waals surface area contributed by atoms with Gasteiger partial charge in [0.25, 0.3) is 5.91 Å². The minimum absolute atomic E-state index is 0.0332. The number of fused-ring (bicyclic) bond motifs is 1. The number of esters is 1. The quantitative estimate of drug-likeness (QED) is 0.576. The molecule has 3 aromatic rings. The molecule has 0 aliphatic heterocycles. The van der Waals surface area contributed by atoms with E-state index in [2.05, 4.69) is 5.32 Å². The summed E-state index contributed by atoms with van der Waals surface area (Å²) < 4.78 is 27.5. The first-order valence-electron chi connectivity index (χ1n) is 8.87. The van der Waals surface area contributed by atoms with Gasteiger partial charge in [0.1, 0.15) is 0 Å². The van der Waals surface area contributed by atoms with E-state index in [-0.39, 0.29) is 11.5 Å². The fraction of sp³-hybridized carbons (Fsp3) is 0.143. The summed E-state index contributed by atoms with van der Waals surface area (Å²) in [5, 5.41) is 9.63. The van der Waals surface area contributed by atoms with Gasteiger partial charge in [-0.15, -0.1) is 0 Å². The molecule has 0 bridgehead atoms. The summed E-state index contributed by atoms with van der Waals surface area (Å²) >= 11 is 0. The summed E-state index contributed by atoms with van der Waals surface area (Å²) in [5.41, 5.74) is 1.22. The highest BCUT2D eigenvalue weighted by atomic mass is 32.2. The second-order valence-electron chi connectivity index (χ2n) is 6.43. The van der Waals surface area contributed by atoms with Gasteiger partial charge in [-0.05, 0) is 47.0 Å². The molecule has 7 nitrogen and oxygen atoms in total. The molecule has 0 unspecified atom stereocenters. The maximum atomic E-state index is 12.1. The molecule has 0 saturated carbocycles. The van der Waals surface area contributed by atoms with Crippen molar-refractivity contribution in [3.05, 3.63) is 77.9 Å². The van der Waals surface area contributed by atoms with Gasteiger partial charge in [-0.3, -0.25) is 4.79 Å². The smallest absolute Gasteiger partial charge is 0.338 e. The normalized spacial score (nSPS) is 11.2. The van der Waals surface area contributed by atoms with Crippen LogP contribution in [-0.4, -0.2) is 33.4 Å². The number of nitrogens with two attached hydrogens (primary N) is 1. The van der Waals surface area contributed by atoms with E-state index in [1.54, 1.807) is 24.3 Å². The van der Waals surface area contributed by atoms with Crippen molar-refractivity contribution < 1.29 is 22.7 Å². The third-order valence-corrected chi connectivity index (χ3v) is 5.24. The molecule has 1 amide bonds. The Morgan fingerprint density at radius 2 is 1.62 bits per heavy atom. The first kappa shape index (κ1) is 20.5. The lowest BCUT2D eigenvalue weighted by atomic mass is 10.1. The number of rotatable bonds is 7. The van der Waals surface area contributed by atoms with E-state index in [0.717, 1.165) is 16.3 Å². The number of carbonyl (C=O) groups is 2. The van der Waals surface area contributed by atoms with Crippen molar-refractivity contribution >= 4 is 32.7 Å². The zero-order chi connectivity index (χ0) is 20.9. The van der Waals surface area contributed by atoms with E-state index in [4.69, 9.17) is 9.88 Å². The molecular formula is C21H20N2O5S. The monoisotopic (exact) mass is 412 g/mol. The molecule has 0 atom stereocenters. The van der Waals surface area contributed by atoms with E-state index >= 15 is 0 Å². The highest BCUT2D eigenvalue weighted by Crippen LogP contribution is 2.16. The number of ether oxygens (including phenoxy) is 1. The third kappa shape index (κ3) is 5.63. The summed E-state index contributed by atoms with van der Waals surface area (Å²) in [6.45, 7) is -0.0584. The molecule has 0 saturated heterocycles. The fourth-order valence-electron chi connectivity index (χ4n) is 2.77. The topological polar surface area (TPSA) is 116 Å². The molecule has 0 aliphatic carbocycles. The second-order valence-corrected chi connectivity index (χ2v) is 7.99. The predicted octanol–water partition coefficient (Wildman–Crippen LogP) is 2.00. The molecule has 0 spiro atoms. The number of amides is 1. The summed E-state index contributed by atoms with van der Waals surface area (Å²) in [4.78, 5) is 24.1. The zero-order valence-electron chi connectivity index (χ0n) is 15.5. The first-order valence-corrected chi connectivity index (χ1v) is 10.4. The minimum atomic E-state index is -3.72. The van der Waals surface area contributed by atoms with Crippen molar-refractivity contribution in [2.75, 3.05) is 13.2 Å². The van der Waals surface area contributed by atoms with Crippen molar-refractivity contribution in [3.63, 3.8) is 0 Å². The van der Waals surface area contributed by atoms with Gasteiger partial charge < -0.3 is 10.1 Å². The molecule has 3 rings (SSSR count). The van der Waals surface area contributed by atoms with Crippen LogP contribution in [0.3, 0.4) is 0 Å². The fourth-order valence-corrected chi connectivity index (χ4v) is 3.29. The van der Waals surface area contributed by atoms with Crippen molar-refractivity contribution in [1.29, 1.82) is 0 Å². The lowest BCUT2D eigenvalue weighted by Crippen LogP contribution is -2.30. The van der Waals surface area contributed by atoms with E-state index in [0.29, 0.717) is 18.5 Å². The van der Waals surface area contributed by atoms with Gasteiger partial charge in [0.15, 0.2) is 6.61 Å². The summed E-state index contributed by atoms with van der Waals surface area (Å²) in [6, 6.07) is 18.9. The highest BCUT2D eigenvalue weighted by molar-refractivity contribution is 7.89. The number of hydrogen-bond acceptors (Lipinski definition) is 5. The van der Waals surface area contributed by atoms with Crippen LogP contribution in [0.25, 0.3) is 10.8 Å². The van der Waals surface area contributed by atoms with Gasteiger partial charge in [-0.1, -0.05) is 42.5 Å². The highest BCUT2D eigenvalue weighted by Gasteiger charge is 2.11. The number of nitrogens with one attached hydrogen (secondary N) is 1. The van der Waals surface area contributed by atoms with Crippen LogP contribution in [0.15, 0.2) is 71.6 Å². The van der Waals surface area contributed by atoms with Gasteiger partial charge in [0.2, 0.25) is 10.0 Å². The molecular weight excluding hydrogens is 392 g/mol. The lowest BCUT2D eigenvalue weighted by Gasteiger charge is -2.08. The molecule has 8 heteroatoms. The van der Waals surface area contributed by atoms with Gasteiger partial charge >= 0.3 is 5.97 Å². The SMILES string of the molecule is NS(=O)(=O)c1ccc(CCNC(=O)COC(=O)c2ccc3ccccc3c2)cc1. The molecule has 3 N–H and O–H groups in total. The van der Waals surface area contributed by atoms with Crippen LogP contribution in [0, 0.1) is 0 Å². The minimum Gasteiger partial charge on any atom is -0.452 e. The first-order chi connectivity index (χ1) is 13.8. The third-order valence-electron chi connectivity index (χ3n) is 4.31. The Morgan fingerprint density at radius 1 is 0.931 bits per heavy atom. The van der Waals surface area contributed by atoms with E-state index in [1.165, 1.54) is 12.1 Å². The van der Waals surface area contributed by atoms with Gasteiger partial charge in [0, 0.05) is 6.54 Å². The Hall–Kier alpha value is -3.23. The Bertz CT molecular complexity index is 1140. The lowest BCUT2D eigenvalue weighted by molar-refractivity contribution is -0.124. The zero-order valence-corrected chi connectivity index (χ0v) is 16.3. The molecule has 29 heavy (non-hydrogen) atoms. The summed E-state index contributed by atoms with van der Waals surface area (Å²) in [6.07, 6.45) is 0.495. The van der Waals surface area contributed by atoms with Crippen LogP contribution in [0.2, 0.25) is 0 Å². The Kier molecular flexibility index (Phi) is 6.26. The number of sulfonamides is 1.